The molecule has 0 fully saturated rings. The molecule has 0 bridgehead atoms. The van der Waals surface area contributed by atoms with E-state index < -0.39 is 5.97 Å². The molecule has 0 saturated heterocycles. The highest BCUT2D eigenvalue weighted by Crippen LogP contribution is 2.28. The number of hydrogen-bond acceptors (Lipinski definition) is 6. The molecular weight excluding hydrogens is 346 g/mol. The summed E-state index contributed by atoms with van der Waals surface area (Å²) in [6.07, 6.45) is 0.396. The molecule has 0 saturated carbocycles. The second-order valence-electron chi connectivity index (χ2n) is 5.85. The van der Waals surface area contributed by atoms with Crippen molar-refractivity contribution in [2.24, 2.45) is 5.10 Å². The molecule has 1 aliphatic heterocycles. The van der Waals surface area contributed by atoms with E-state index in [0.29, 0.717) is 5.56 Å². The maximum absolute atomic E-state index is 12.5. The Balaban J connectivity index is 1.77. The van der Waals surface area contributed by atoms with E-state index in [9.17, 15) is 9.59 Å². The summed E-state index contributed by atoms with van der Waals surface area (Å²) in [5.74, 6) is -0.332. The number of carbonyl (C=O) groups excluding carboxylic acids is 2. The van der Waals surface area contributed by atoms with Crippen LogP contribution in [-0.2, 0) is 16.1 Å². The molecule has 0 atom stereocenters. The first-order valence-corrected chi connectivity index (χ1v) is 8.33. The molecular formula is C20H17N3O4. The number of hydrogen-bond donors (Lipinski definition) is 0. The molecule has 2 aromatic rings. The van der Waals surface area contributed by atoms with Crippen LogP contribution in [0, 0.1) is 11.3 Å². The Bertz CT molecular complexity index is 932. The second-order valence-corrected chi connectivity index (χ2v) is 5.85. The van der Waals surface area contributed by atoms with Crippen LogP contribution >= 0.6 is 0 Å². The van der Waals surface area contributed by atoms with Crippen LogP contribution in [0.3, 0.4) is 0 Å². The maximum atomic E-state index is 12.5. The van der Waals surface area contributed by atoms with Gasteiger partial charge >= 0.3 is 5.97 Å². The number of nitrogens with zero attached hydrogens (tertiary/aromatic N) is 3. The minimum Gasteiger partial charge on any atom is -0.493 e. The third kappa shape index (κ3) is 4.30. The Morgan fingerprint density at radius 3 is 2.67 bits per heavy atom. The van der Waals surface area contributed by atoms with Gasteiger partial charge in [-0.1, -0.05) is 30.3 Å². The van der Waals surface area contributed by atoms with Gasteiger partial charge in [0.1, 0.15) is 5.71 Å². The summed E-state index contributed by atoms with van der Waals surface area (Å²) in [6.45, 7) is 0.288. The monoisotopic (exact) mass is 363 g/mol. The number of rotatable bonds is 5. The van der Waals surface area contributed by atoms with Crippen molar-refractivity contribution >= 4 is 17.6 Å². The normalized spacial score (nSPS) is 13.6. The molecule has 3 rings (SSSR count). The van der Waals surface area contributed by atoms with Crippen molar-refractivity contribution in [1.82, 2.24) is 5.01 Å². The summed E-state index contributed by atoms with van der Waals surface area (Å²) in [7, 11) is 1.42. The first-order valence-electron chi connectivity index (χ1n) is 8.33. The SMILES string of the molecule is COc1cc(C#N)ccc1OC(=O)C1=NN(Cc2ccccc2)C(=O)CC1. The van der Waals surface area contributed by atoms with Gasteiger partial charge in [0.15, 0.2) is 11.5 Å². The van der Waals surface area contributed by atoms with Crippen molar-refractivity contribution in [2.45, 2.75) is 19.4 Å². The van der Waals surface area contributed by atoms with E-state index in [0.717, 1.165) is 5.56 Å². The van der Waals surface area contributed by atoms with E-state index in [-0.39, 0.29) is 42.5 Å². The number of benzene rings is 2. The molecule has 0 spiro atoms. The van der Waals surface area contributed by atoms with Gasteiger partial charge in [-0.15, -0.1) is 0 Å². The molecule has 0 aliphatic carbocycles. The lowest BCUT2D eigenvalue weighted by Crippen LogP contribution is -2.35. The zero-order valence-corrected chi connectivity index (χ0v) is 14.7. The lowest BCUT2D eigenvalue weighted by Gasteiger charge is -2.23. The highest BCUT2D eigenvalue weighted by atomic mass is 16.6. The van der Waals surface area contributed by atoms with Crippen LogP contribution in [0.25, 0.3) is 0 Å². The lowest BCUT2D eigenvalue weighted by atomic mass is 10.1. The first kappa shape index (κ1) is 18.1. The molecule has 7 heteroatoms. The Morgan fingerprint density at radius 1 is 1.19 bits per heavy atom. The number of amides is 1. The van der Waals surface area contributed by atoms with Gasteiger partial charge in [-0.3, -0.25) is 4.79 Å². The second kappa shape index (κ2) is 8.15. The molecule has 1 aliphatic rings. The molecule has 0 aromatic heterocycles. The maximum Gasteiger partial charge on any atom is 0.360 e. The summed E-state index contributed by atoms with van der Waals surface area (Å²) in [6, 6.07) is 15.9. The molecule has 2 aromatic carbocycles. The molecule has 0 N–H and O–H groups in total. The Kier molecular flexibility index (Phi) is 5.47. The van der Waals surface area contributed by atoms with Crippen molar-refractivity contribution in [1.29, 1.82) is 5.26 Å². The molecule has 136 valence electrons. The number of hydrazone groups is 1. The summed E-state index contributed by atoms with van der Waals surface area (Å²) >= 11 is 0. The molecule has 7 nitrogen and oxygen atoms in total. The summed E-state index contributed by atoms with van der Waals surface area (Å²) in [5, 5.41) is 14.4. The fourth-order valence-electron chi connectivity index (χ4n) is 2.61. The van der Waals surface area contributed by atoms with E-state index in [4.69, 9.17) is 14.7 Å². The van der Waals surface area contributed by atoms with Gasteiger partial charge in [0.05, 0.1) is 25.3 Å². The lowest BCUT2D eigenvalue weighted by molar-refractivity contribution is -0.133. The summed E-state index contributed by atoms with van der Waals surface area (Å²) in [4.78, 5) is 24.6. The standard InChI is InChI=1S/C20H17N3O4/c1-26-18-11-15(12-21)7-9-17(18)27-20(25)16-8-10-19(24)23(22-16)13-14-5-3-2-4-6-14/h2-7,9,11H,8,10,13H2,1H3. The van der Waals surface area contributed by atoms with Gasteiger partial charge in [0, 0.05) is 18.9 Å². The van der Waals surface area contributed by atoms with Crippen LogP contribution in [0.2, 0.25) is 0 Å². The highest BCUT2D eigenvalue weighted by Gasteiger charge is 2.26. The predicted octanol–water partition coefficient (Wildman–Crippen LogP) is 2.65. The van der Waals surface area contributed by atoms with Crippen LogP contribution in [0.1, 0.15) is 24.0 Å². The van der Waals surface area contributed by atoms with Gasteiger partial charge in [-0.25, -0.2) is 9.80 Å². The Hall–Kier alpha value is -3.66. The van der Waals surface area contributed by atoms with E-state index in [2.05, 4.69) is 5.10 Å². The van der Waals surface area contributed by atoms with Gasteiger partial charge in [-0.2, -0.15) is 10.4 Å². The predicted molar refractivity (Wildman–Crippen MR) is 97.0 cm³/mol. The van der Waals surface area contributed by atoms with E-state index >= 15 is 0 Å². The summed E-state index contributed by atoms with van der Waals surface area (Å²) < 4.78 is 10.5. The third-order valence-corrected chi connectivity index (χ3v) is 4.01. The van der Waals surface area contributed by atoms with Crippen LogP contribution in [0.15, 0.2) is 53.6 Å². The van der Waals surface area contributed by atoms with E-state index in [1.54, 1.807) is 0 Å². The topological polar surface area (TPSA) is 92.0 Å². The highest BCUT2D eigenvalue weighted by molar-refractivity contribution is 6.37. The fraction of sp³-hybridized carbons (Fsp3) is 0.200. The number of ether oxygens (including phenoxy) is 2. The molecule has 27 heavy (non-hydrogen) atoms. The molecule has 0 unspecified atom stereocenters. The average Bonchev–Trinajstić information content (AvgIpc) is 2.70. The van der Waals surface area contributed by atoms with Gasteiger partial charge < -0.3 is 9.47 Å². The van der Waals surface area contributed by atoms with E-state index in [1.807, 2.05) is 36.4 Å². The Labute approximate surface area is 156 Å². The largest absolute Gasteiger partial charge is 0.493 e. The van der Waals surface area contributed by atoms with Crippen molar-refractivity contribution < 1.29 is 19.1 Å². The summed E-state index contributed by atoms with van der Waals surface area (Å²) in [5.41, 5.74) is 1.47. The quantitative estimate of drug-likeness (QED) is 0.601. The Morgan fingerprint density at radius 2 is 1.96 bits per heavy atom. The first-order chi connectivity index (χ1) is 13.1. The molecule has 1 amide bonds. The minimum absolute atomic E-state index is 0.147. The van der Waals surface area contributed by atoms with Crippen molar-refractivity contribution in [3.05, 3.63) is 59.7 Å². The van der Waals surface area contributed by atoms with Gasteiger partial charge in [-0.05, 0) is 17.7 Å². The van der Waals surface area contributed by atoms with E-state index in [1.165, 1.54) is 30.3 Å². The molecule has 1 heterocycles. The number of nitriles is 1. The van der Waals surface area contributed by atoms with Gasteiger partial charge in [0.2, 0.25) is 5.91 Å². The average molecular weight is 363 g/mol. The third-order valence-electron chi connectivity index (χ3n) is 4.01. The van der Waals surface area contributed by atoms with Crippen LogP contribution < -0.4 is 9.47 Å². The van der Waals surface area contributed by atoms with Crippen LogP contribution in [0.4, 0.5) is 0 Å². The van der Waals surface area contributed by atoms with Gasteiger partial charge in [0.25, 0.3) is 0 Å². The van der Waals surface area contributed by atoms with Crippen molar-refractivity contribution in [3.63, 3.8) is 0 Å². The number of esters is 1. The number of methoxy groups -OCH3 is 1. The van der Waals surface area contributed by atoms with Crippen molar-refractivity contribution in [2.75, 3.05) is 7.11 Å². The van der Waals surface area contributed by atoms with Crippen molar-refractivity contribution in [3.8, 4) is 17.6 Å². The molecule has 0 radical (unpaired) electrons. The number of carbonyl (C=O) groups is 2. The van der Waals surface area contributed by atoms with Crippen LogP contribution in [-0.4, -0.2) is 29.7 Å². The minimum atomic E-state index is -0.649. The fourth-order valence-corrected chi connectivity index (χ4v) is 2.61. The van der Waals surface area contributed by atoms with Crippen LogP contribution in [0.5, 0.6) is 11.5 Å². The smallest absolute Gasteiger partial charge is 0.360 e. The zero-order chi connectivity index (χ0) is 19.2. The zero-order valence-electron chi connectivity index (χ0n) is 14.7.